The van der Waals surface area contributed by atoms with Gasteiger partial charge in [0.25, 0.3) is 6.47 Å². The third-order valence-corrected chi connectivity index (χ3v) is 2.71. The first-order valence-corrected chi connectivity index (χ1v) is 6.43. The molecule has 0 aromatic rings. The fraction of sp³-hybridized carbons (Fsp3) is 0.846. The molecule has 1 aliphatic heterocycles. The lowest BCUT2D eigenvalue weighted by molar-refractivity contribution is -0.139. The lowest BCUT2D eigenvalue weighted by Gasteiger charge is -2.36. The molecule has 0 aromatic carbocycles. The number of carbonyl (C=O) groups is 2. The highest BCUT2D eigenvalue weighted by molar-refractivity contribution is 5.77. The van der Waals surface area contributed by atoms with Gasteiger partial charge in [-0.3, -0.25) is 9.59 Å². The fourth-order valence-electron chi connectivity index (χ4n) is 1.84. The van der Waals surface area contributed by atoms with Crippen molar-refractivity contribution in [3.8, 4) is 0 Å². The third kappa shape index (κ3) is 8.06. The van der Waals surface area contributed by atoms with Crippen LogP contribution in [0, 0.1) is 5.92 Å². The third-order valence-electron chi connectivity index (χ3n) is 2.71. The molecule has 0 saturated carbocycles. The Morgan fingerprint density at radius 1 is 1.39 bits per heavy atom. The van der Waals surface area contributed by atoms with Gasteiger partial charge in [0.05, 0.1) is 0 Å². The number of piperidine rings is 1. The summed E-state index contributed by atoms with van der Waals surface area (Å²) in [6.07, 6.45) is 2.36. The first-order valence-electron chi connectivity index (χ1n) is 6.43. The number of carboxylic acid groups (broad SMARTS) is 1. The van der Waals surface area contributed by atoms with Crippen LogP contribution in [-0.4, -0.2) is 48.7 Å². The molecular formula is C13H27NO4. The molecule has 0 bridgehead atoms. The molecule has 108 valence electrons. The Labute approximate surface area is 110 Å². The summed E-state index contributed by atoms with van der Waals surface area (Å²) in [6.45, 7) is 9.17. The normalized spacial score (nSPS) is 21.9. The Bertz CT molecular complexity index is 221. The van der Waals surface area contributed by atoms with Gasteiger partial charge in [0.2, 0.25) is 5.91 Å². The van der Waals surface area contributed by atoms with Crippen molar-refractivity contribution in [2.75, 3.05) is 20.3 Å². The smallest absolute Gasteiger partial charge is 0.290 e. The lowest BCUT2D eigenvalue weighted by Crippen LogP contribution is -2.46. The second kappa shape index (κ2) is 12.4. The summed E-state index contributed by atoms with van der Waals surface area (Å²) in [5.41, 5.74) is 0. The van der Waals surface area contributed by atoms with Crippen LogP contribution in [0.2, 0.25) is 0 Å². The molecule has 0 spiro atoms. The largest absolute Gasteiger partial charge is 0.483 e. The summed E-state index contributed by atoms with van der Waals surface area (Å²) >= 11 is 0. The van der Waals surface area contributed by atoms with Crippen LogP contribution in [0.4, 0.5) is 0 Å². The van der Waals surface area contributed by atoms with Gasteiger partial charge >= 0.3 is 0 Å². The number of methoxy groups -OCH3 is 1. The molecule has 1 saturated heterocycles. The van der Waals surface area contributed by atoms with Gasteiger partial charge < -0.3 is 14.7 Å². The Morgan fingerprint density at radius 2 is 1.89 bits per heavy atom. The van der Waals surface area contributed by atoms with Crippen molar-refractivity contribution in [3.63, 3.8) is 0 Å². The summed E-state index contributed by atoms with van der Waals surface area (Å²) in [5, 5.41) is 6.89. The van der Waals surface area contributed by atoms with Gasteiger partial charge in [-0.15, -0.1) is 0 Å². The van der Waals surface area contributed by atoms with Gasteiger partial charge in [-0.1, -0.05) is 20.8 Å². The van der Waals surface area contributed by atoms with E-state index in [2.05, 4.69) is 13.8 Å². The Kier molecular flexibility index (Phi) is 13.2. The van der Waals surface area contributed by atoms with Crippen molar-refractivity contribution in [1.82, 2.24) is 4.90 Å². The van der Waals surface area contributed by atoms with E-state index in [0.717, 1.165) is 13.0 Å². The Hall–Kier alpha value is -1.10. The van der Waals surface area contributed by atoms with E-state index in [1.807, 2.05) is 18.7 Å². The standard InChI is InChI=1S/C10H19NO2.C2H6.CH2O2/c1-8-4-5-9(2)11(6-8)10(12)7-13-3;1-2;2-1-3/h8-9H,4-7H2,1-3H3;1-2H3;1H,(H,2,3). The highest BCUT2D eigenvalue weighted by atomic mass is 16.5. The zero-order valence-corrected chi connectivity index (χ0v) is 12.2. The summed E-state index contributed by atoms with van der Waals surface area (Å²) in [5.74, 6) is 0.763. The molecule has 5 heteroatoms. The number of rotatable bonds is 2. The Balaban J connectivity index is 0. The van der Waals surface area contributed by atoms with Gasteiger partial charge in [-0.2, -0.15) is 0 Å². The van der Waals surface area contributed by atoms with E-state index in [1.165, 1.54) is 6.42 Å². The molecule has 1 amide bonds. The number of hydrogen-bond donors (Lipinski definition) is 1. The molecule has 1 rings (SSSR count). The van der Waals surface area contributed by atoms with Crippen molar-refractivity contribution >= 4 is 12.4 Å². The van der Waals surface area contributed by atoms with Crippen LogP contribution in [0.3, 0.4) is 0 Å². The molecule has 0 aromatic heterocycles. The van der Waals surface area contributed by atoms with Crippen molar-refractivity contribution in [2.45, 2.75) is 46.6 Å². The molecule has 2 atom stereocenters. The maximum absolute atomic E-state index is 11.6. The molecule has 5 nitrogen and oxygen atoms in total. The van der Waals surface area contributed by atoms with Crippen molar-refractivity contribution in [3.05, 3.63) is 0 Å². The molecule has 2 unspecified atom stereocenters. The van der Waals surface area contributed by atoms with Gasteiger partial charge in [0.15, 0.2) is 0 Å². The molecule has 18 heavy (non-hydrogen) atoms. The van der Waals surface area contributed by atoms with Crippen molar-refractivity contribution in [1.29, 1.82) is 0 Å². The molecule has 1 N–H and O–H groups in total. The summed E-state index contributed by atoms with van der Waals surface area (Å²) in [7, 11) is 1.57. The van der Waals surface area contributed by atoms with E-state index in [0.29, 0.717) is 12.0 Å². The van der Waals surface area contributed by atoms with Crippen molar-refractivity contribution < 1.29 is 19.4 Å². The maximum atomic E-state index is 11.6. The first kappa shape index (κ1) is 19.2. The summed E-state index contributed by atoms with van der Waals surface area (Å²) in [6, 6.07) is 0.388. The van der Waals surface area contributed by atoms with Gasteiger partial charge in [-0.25, -0.2) is 0 Å². The van der Waals surface area contributed by atoms with E-state index in [1.54, 1.807) is 7.11 Å². The predicted octanol–water partition coefficient (Wildman–Crippen LogP) is 2.01. The van der Waals surface area contributed by atoms with E-state index in [9.17, 15) is 4.79 Å². The number of likely N-dealkylation sites (tertiary alicyclic amines) is 1. The number of nitrogens with zero attached hydrogens (tertiary/aromatic N) is 1. The second-order valence-corrected chi connectivity index (χ2v) is 4.12. The highest BCUT2D eigenvalue weighted by Crippen LogP contribution is 2.21. The number of amides is 1. The summed E-state index contributed by atoms with van der Waals surface area (Å²) in [4.78, 5) is 21.9. The maximum Gasteiger partial charge on any atom is 0.290 e. The monoisotopic (exact) mass is 261 g/mol. The number of carbonyl (C=O) groups excluding carboxylic acids is 1. The van der Waals surface area contributed by atoms with Crippen LogP contribution >= 0.6 is 0 Å². The first-order chi connectivity index (χ1) is 8.56. The second-order valence-electron chi connectivity index (χ2n) is 4.12. The van der Waals surface area contributed by atoms with Crippen LogP contribution < -0.4 is 0 Å². The lowest BCUT2D eigenvalue weighted by atomic mass is 9.95. The van der Waals surface area contributed by atoms with Crippen LogP contribution in [0.5, 0.6) is 0 Å². The molecular weight excluding hydrogens is 234 g/mol. The van der Waals surface area contributed by atoms with Gasteiger partial charge in [0, 0.05) is 19.7 Å². The van der Waals surface area contributed by atoms with E-state index < -0.39 is 0 Å². The SMILES string of the molecule is CC.COCC(=O)N1CC(C)CCC1C.O=CO. The molecule has 1 aliphatic rings. The minimum atomic E-state index is -0.250. The van der Waals surface area contributed by atoms with E-state index >= 15 is 0 Å². The fourth-order valence-corrected chi connectivity index (χ4v) is 1.84. The molecule has 1 fully saturated rings. The van der Waals surface area contributed by atoms with Crippen LogP contribution in [-0.2, 0) is 14.3 Å². The number of hydrogen-bond acceptors (Lipinski definition) is 3. The molecule has 1 heterocycles. The van der Waals surface area contributed by atoms with Crippen molar-refractivity contribution in [2.24, 2.45) is 5.92 Å². The summed E-state index contributed by atoms with van der Waals surface area (Å²) < 4.78 is 4.85. The van der Waals surface area contributed by atoms with Gasteiger partial charge in [0.1, 0.15) is 6.61 Å². The topological polar surface area (TPSA) is 66.8 Å². The van der Waals surface area contributed by atoms with Crippen LogP contribution in [0.15, 0.2) is 0 Å². The minimum Gasteiger partial charge on any atom is -0.483 e. The average Bonchev–Trinajstić information content (AvgIpc) is 2.36. The quantitative estimate of drug-likeness (QED) is 0.772. The zero-order chi connectivity index (χ0) is 14.6. The molecule has 0 aliphatic carbocycles. The van der Waals surface area contributed by atoms with Crippen LogP contribution in [0.1, 0.15) is 40.5 Å². The van der Waals surface area contributed by atoms with E-state index in [-0.39, 0.29) is 19.0 Å². The van der Waals surface area contributed by atoms with Gasteiger partial charge in [-0.05, 0) is 25.7 Å². The minimum absolute atomic E-state index is 0.126. The predicted molar refractivity (Wildman–Crippen MR) is 71.5 cm³/mol. The average molecular weight is 261 g/mol. The molecule has 0 radical (unpaired) electrons. The van der Waals surface area contributed by atoms with E-state index in [4.69, 9.17) is 14.6 Å². The zero-order valence-electron chi connectivity index (χ0n) is 12.2. The highest BCUT2D eigenvalue weighted by Gasteiger charge is 2.26. The van der Waals surface area contributed by atoms with Crippen LogP contribution in [0.25, 0.3) is 0 Å². The number of ether oxygens (including phenoxy) is 1. The Morgan fingerprint density at radius 3 is 2.33 bits per heavy atom.